The Kier molecular flexibility index (Phi) is 4.05. The van der Waals surface area contributed by atoms with Crippen molar-refractivity contribution in [3.63, 3.8) is 0 Å². The fourth-order valence-electron chi connectivity index (χ4n) is 1.49. The molecule has 0 spiro atoms. The SMILES string of the molecule is CCN(Cc1ccccn1)C(=O)C(C)(C)C. The third kappa shape index (κ3) is 3.33. The molecule has 1 aromatic rings. The molecule has 0 radical (unpaired) electrons. The van der Waals surface area contributed by atoms with Gasteiger partial charge < -0.3 is 4.90 Å². The van der Waals surface area contributed by atoms with E-state index in [9.17, 15) is 4.79 Å². The lowest BCUT2D eigenvalue weighted by Crippen LogP contribution is -2.39. The van der Waals surface area contributed by atoms with Crippen molar-refractivity contribution >= 4 is 5.91 Å². The van der Waals surface area contributed by atoms with Crippen molar-refractivity contribution in [3.05, 3.63) is 30.1 Å². The summed E-state index contributed by atoms with van der Waals surface area (Å²) < 4.78 is 0. The first-order chi connectivity index (χ1) is 7.45. The summed E-state index contributed by atoms with van der Waals surface area (Å²) in [5, 5.41) is 0. The minimum atomic E-state index is -0.329. The topological polar surface area (TPSA) is 33.2 Å². The van der Waals surface area contributed by atoms with Gasteiger partial charge in [0, 0.05) is 18.2 Å². The van der Waals surface area contributed by atoms with E-state index in [0.29, 0.717) is 13.1 Å². The van der Waals surface area contributed by atoms with E-state index < -0.39 is 0 Å². The highest BCUT2D eigenvalue weighted by Crippen LogP contribution is 2.18. The van der Waals surface area contributed by atoms with Gasteiger partial charge in [0.1, 0.15) is 0 Å². The van der Waals surface area contributed by atoms with Crippen molar-refractivity contribution in [2.24, 2.45) is 5.41 Å². The first-order valence-corrected chi connectivity index (χ1v) is 5.64. The van der Waals surface area contributed by atoms with Crippen LogP contribution >= 0.6 is 0 Å². The standard InChI is InChI=1S/C13H20N2O/c1-5-15(12(16)13(2,3)4)10-11-8-6-7-9-14-11/h6-9H,5,10H2,1-4H3. The summed E-state index contributed by atoms with van der Waals surface area (Å²) in [4.78, 5) is 18.2. The fourth-order valence-corrected chi connectivity index (χ4v) is 1.49. The monoisotopic (exact) mass is 220 g/mol. The lowest BCUT2D eigenvalue weighted by molar-refractivity contribution is -0.139. The third-order valence-electron chi connectivity index (χ3n) is 2.39. The van der Waals surface area contributed by atoms with Crippen LogP contribution in [0.1, 0.15) is 33.4 Å². The van der Waals surface area contributed by atoms with Crippen molar-refractivity contribution in [2.75, 3.05) is 6.54 Å². The Morgan fingerprint density at radius 2 is 2.06 bits per heavy atom. The molecular formula is C13H20N2O. The zero-order valence-electron chi connectivity index (χ0n) is 10.5. The maximum absolute atomic E-state index is 12.1. The summed E-state index contributed by atoms with van der Waals surface area (Å²) in [5.74, 6) is 0.167. The number of carbonyl (C=O) groups excluding carboxylic acids is 1. The van der Waals surface area contributed by atoms with Crippen molar-refractivity contribution in [1.82, 2.24) is 9.88 Å². The number of rotatable bonds is 3. The van der Waals surface area contributed by atoms with Gasteiger partial charge in [0.05, 0.1) is 12.2 Å². The molecule has 0 atom stereocenters. The van der Waals surface area contributed by atoms with E-state index in [1.54, 1.807) is 6.20 Å². The first kappa shape index (κ1) is 12.7. The van der Waals surface area contributed by atoms with E-state index in [0.717, 1.165) is 5.69 Å². The maximum Gasteiger partial charge on any atom is 0.228 e. The molecule has 0 saturated carbocycles. The molecule has 88 valence electrons. The summed E-state index contributed by atoms with van der Waals surface area (Å²) >= 11 is 0. The predicted molar refractivity (Wildman–Crippen MR) is 64.8 cm³/mol. The van der Waals surface area contributed by atoms with Crippen LogP contribution in [0.4, 0.5) is 0 Å². The minimum absolute atomic E-state index is 0.167. The Hall–Kier alpha value is -1.38. The summed E-state index contributed by atoms with van der Waals surface area (Å²) in [5.41, 5.74) is 0.604. The van der Waals surface area contributed by atoms with Crippen LogP contribution < -0.4 is 0 Å². The highest BCUT2D eigenvalue weighted by atomic mass is 16.2. The molecule has 3 heteroatoms. The zero-order chi connectivity index (χ0) is 12.2. The van der Waals surface area contributed by atoms with E-state index in [1.807, 2.05) is 50.8 Å². The second kappa shape index (κ2) is 5.10. The predicted octanol–water partition coefficient (Wildman–Crippen LogP) is 2.48. The minimum Gasteiger partial charge on any atom is -0.337 e. The van der Waals surface area contributed by atoms with Crippen LogP contribution in [0.2, 0.25) is 0 Å². The van der Waals surface area contributed by atoms with Crippen LogP contribution in [0, 0.1) is 5.41 Å². The molecule has 0 aromatic carbocycles. The number of nitrogens with zero attached hydrogens (tertiary/aromatic N) is 2. The van der Waals surface area contributed by atoms with Crippen LogP contribution in [-0.4, -0.2) is 22.3 Å². The van der Waals surface area contributed by atoms with Crippen LogP contribution in [0.3, 0.4) is 0 Å². The Labute approximate surface area is 97.5 Å². The number of carbonyl (C=O) groups is 1. The Balaban J connectivity index is 2.74. The molecule has 16 heavy (non-hydrogen) atoms. The molecule has 1 aromatic heterocycles. The molecule has 0 fully saturated rings. The van der Waals surface area contributed by atoms with Gasteiger partial charge in [-0.05, 0) is 19.1 Å². The van der Waals surface area contributed by atoms with E-state index in [1.165, 1.54) is 0 Å². The lowest BCUT2D eigenvalue weighted by Gasteiger charge is -2.28. The summed E-state index contributed by atoms with van der Waals surface area (Å²) in [7, 11) is 0. The number of amides is 1. The quantitative estimate of drug-likeness (QED) is 0.784. The molecule has 0 bridgehead atoms. The largest absolute Gasteiger partial charge is 0.337 e. The molecular weight excluding hydrogens is 200 g/mol. The maximum atomic E-state index is 12.1. The Morgan fingerprint density at radius 3 is 2.50 bits per heavy atom. The lowest BCUT2D eigenvalue weighted by atomic mass is 9.94. The highest BCUT2D eigenvalue weighted by Gasteiger charge is 2.26. The van der Waals surface area contributed by atoms with Crippen molar-refractivity contribution in [3.8, 4) is 0 Å². The van der Waals surface area contributed by atoms with Crippen molar-refractivity contribution in [1.29, 1.82) is 0 Å². The van der Waals surface area contributed by atoms with Gasteiger partial charge in [-0.25, -0.2) is 0 Å². The Morgan fingerprint density at radius 1 is 1.38 bits per heavy atom. The average molecular weight is 220 g/mol. The second-order valence-corrected chi connectivity index (χ2v) is 4.89. The number of pyridine rings is 1. The first-order valence-electron chi connectivity index (χ1n) is 5.64. The van der Waals surface area contributed by atoms with E-state index in [-0.39, 0.29) is 11.3 Å². The zero-order valence-corrected chi connectivity index (χ0v) is 10.5. The van der Waals surface area contributed by atoms with E-state index in [2.05, 4.69) is 4.98 Å². The van der Waals surface area contributed by atoms with E-state index in [4.69, 9.17) is 0 Å². The van der Waals surface area contributed by atoms with Gasteiger partial charge in [-0.3, -0.25) is 9.78 Å². The van der Waals surface area contributed by atoms with Gasteiger partial charge in [-0.2, -0.15) is 0 Å². The van der Waals surface area contributed by atoms with E-state index >= 15 is 0 Å². The van der Waals surface area contributed by atoms with Crippen molar-refractivity contribution in [2.45, 2.75) is 34.2 Å². The number of hydrogen-bond acceptors (Lipinski definition) is 2. The molecule has 0 N–H and O–H groups in total. The van der Waals surface area contributed by atoms with Gasteiger partial charge >= 0.3 is 0 Å². The molecule has 1 heterocycles. The smallest absolute Gasteiger partial charge is 0.228 e. The molecule has 3 nitrogen and oxygen atoms in total. The number of aromatic nitrogens is 1. The summed E-state index contributed by atoms with van der Waals surface area (Å²) in [6.45, 7) is 9.12. The van der Waals surface area contributed by atoms with Gasteiger partial charge in [-0.1, -0.05) is 26.8 Å². The molecule has 0 saturated heterocycles. The summed E-state index contributed by atoms with van der Waals surface area (Å²) in [6, 6.07) is 5.77. The fraction of sp³-hybridized carbons (Fsp3) is 0.538. The van der Waals surface area contributed by atoms with Crippen LogP contribution in [-0.2, 0) is 11.3 Å². The highest BCUT2D eigenvalue weighted by molar-refractivity contribution is 5.81. The Bertz CT molecular complexity index is 341. The van der Waals surface area contributed by atoms with Gasteiger partial charge in [0.15, 0.2) is 0 Å². The molecule has 1 amide bonds. The number of hydrogen-bond donors (Lipinski definition) is 0. The van der Waals surface area contributed by atoms with Crippen LogP contribution in [0.5, 0.6) is 0 Å². The van der Waals surface area contributed by atoms with Gasteiger partial charge in [0.25, 0.3) is 0 Å². The van der Waals surface area contributed by atoms with Gasteiger partial charge in [0.2, 0.25) is 5.91 Å². The average Bonchev–Trinajstić information content (AvgIpc) is 2.25. The third-order valence-corrected chi connectivity index (χ3v) is 2.39. The summed E-state index contributed by atoms with van der Waals surface area (Å²) in [6.07, 6.45) is 1.75. The molecule has 0 aliphatic heterocycles. The van der Waals surface area contributed by atoms with Crippen LogP contribution in [0.15, 0.2) is 24.4 Å². The molecule has 0 unspecified atom stereocenters. The van der Waals surface area contributed by atoms with Crippen LogP contribution in [0.25, 0.3) is 0 Å². The van der Waals surface area contributed by atoms with Gasteiger partial charge in [-0.15, -0.1) is 0 Å². The van der Waals surface area contributed by atoms with Crippen molar-refractivity contribution < 1.29 is 4.79 Å². The molecule has 0 aliphatic carbocycles. The second-order valence-electron chi connectivity index (χ2n) is 4.89. The molecule has 1 rings (SSSR count). The molecule has 0 aliphatic rings. The normalized spacial score (nSPS) is 11.2.